The lowest BCUT2D eigenvalue weighted by atomic mass is 10.3. The molecule has 1 aromatic carbocycles. The average Bonchev–Trinajstić information content (AvgIpc) is 3.05. The highest BCUT2D eigenvalue weighted by Gasteiger charge is 2.18. The van der Waals surface area contributed by atoms with Crippen molar-refractivity contribution in [2.75, 3.05) is 33.2 Å². The summed E-state index contributed by atoms with van der Waals surface area (Å²) >= 11 is 11.9. The van der Waals surface area contributed by atoms with Gasteiger partial charge in [0.25, 0.3) is 0 Å². The highest BCUT2D eigenvalue weighted by atomic mass is 35.5. The van der Waals surface area contributed by atoms with Crippen molar-refractivity contribution >= 4 is 29.1 Å². The lowest BCUT2D eigenvalue weighted by Crippen LogP contribution is -2.52. The second-order valence-corrected chi connectivity index (χ2v) is 6.70. The normalized spacial score (nSPS) is 16.0. The highest BCUT2D eigenvalue weighted by Crippen LogP contribution is 2.28. The van der Waals surface area contributed by atoms with E-state index in [1.807, 2.05) is 5.01 Å². The van der Waals surface area contributed by atoms with Gasteiger partial charge in [0.15, 0.2) is 5.76 Å². The maximum absolute atomic E-state index is 12.2. The van der Waals surface area contributed by atoms with E-state index < -0.39 is 0 Å². The second kappa shape index (κ2) is 8.10. The number of likely N-dealkylation sites (N-methyl/N-ethyl adjacent to an activating group) is 1. The molecule has 2 heterocycles. The summed E-state index contributed by atoms with van der Waals surface area (Å²) in [5.74, 6) is 1.03. The minimum Gasteiger partial charge on any atom is -0.484 e. The van der Waals surface area contributed by atoms with Crippen LogP contribution in [0.15, 0.2) is 34.7 Å². The number of piperazine rings is 1. The minimum atomic E-state index is -0.264. The molecular formula is C17H19Cl2N3O3. The lowest BCUT2D eigenvalue weighted by Gasteiger charge is -2.32. The zero-order valence-corrected chi connectivity index (χ0v) is 15.3. The zero-order chi connectivity index (χ0) is 17.8. The zero-order valence-electron chi connectivity index (χ0n) is 13.8. The van der Waals surface area contributed by atoms with Crippen LogP contribution in [-0.2, 0) is 6.61 Å². The second-order valence-electron chi connectivity index (χ2n) is 5.86. The molecule has 3 rings (SSSR count). The van der Waals surface area contributed by atoms with E-state index in [9.17, 15) is 4.79 Å². The molecule has 0 spiro atoms. The number of halogens is 2. The Kier molecular flexibility index (Phi) is 5.86. The summed E-state index contributed by atoms with van der Waals surface area (Å²) in [5.41, 5.74) is 2.86. The molecule has 25 heavy (non-hydrogen) atoms. The SMILES string of the molecule is CN1CCN(NC(=O)c2ccc(COc3ccc(Cl)cc3Cl)o2)CC1. The van der Waals surface area contributed by atoms with E-state index >= 15 is 0 Å². The van der Waals surface area contributed by atoms with E-state index in [2.05, 4.69) is 17.4 Å². The Morgan fingerprint density at radius 2 is 1.96 bits per heavy atom. The third kappa shape index (κ3) is 4.89. The van der Waals surface area contributed by atoms with E-state index in [4.69, 9.17) is 32.4 Å². The van der Waals surface area contributed by atoms with Gasteiger partial charge in [-0.1, -0.05) is 23.2 Å². The molecule has 0 radical (unpaired) electrons. The van der Waals surface area contributed by atoms with Gasteiger partial charge >= 0.3 is 5.91 Å². The van der Waals surface area contributed by atoms with Crippen LogP contribution in [0.2, 0.25) is 10.0 Å². The van der Waals surface area contributed by atoms with Crippen molar-refractivity contribution in [1.29, 1.82) is 0 Å². The van der Waals surface area contributed by atoms with Crippen molar-refractivity contribution in [3.8, 4) is 5.75 Å². The van der Waals surface area contributed by atoms with Gasteiger partial charge in [-0.05, 0) is 37.4 Å². The molecule has 1 N–H and O–H groups in total. The minimum absolute atomic E-state index is 0.170. The Balaban J connectivity index is 1.54. The molecule has 1 fully saturated rings. The first-order valence-electron chi connectivity index (χ1n) is 7.92. The number of hydrogen-bond donors (Lipinski definition) is 1. The molecule has 0 unspecified atom stereocenters. The van der Waals surface area contributed by atoms with Crippen LogP contribution < -0.4 is 10.2 Å². The van der Waals surface area contributed by atoms with Gasteiger partial charge in [-0.2, -0.15) is 0 Å². The van der Waals surface area contributed by atoms with Crippen LogP contribution in [0.4, 0.5) is 0 Å². The van der Waals surface area contributed by atoms with Gasteiger partial charge < -0.3 is 14.1 Å². The third-order valence-electron chi connectivity index (χ3n) is 3.91. The Morgan fingerprint density at radius 1 is 1.20 bits per heavy atom. The molecule has 0 atom stereocenters. The summed E-state index contributed by atoms with van der Waals surface area (Å²) in [7, 11) is 2.06. The fourth-order valence-corrected chi connectivity index (χ4v) is 2.90. The molecule has 1 amide bonds. The highest BCUT2D eigenvalue weighted by molar-refractivity contribution is 6.35. The number of carbonyl (C=O) groups excluding carboxylic acids is 1. The number of benzene rings is 1. The number of nitrogens with one attached hydrogen (secondary N) is 1. The first-order chi connectivity index (χ1) is 12.0. The van der Waals surface area contributed by atoms with Crippen molar-refractivity contribution in [2.45, 2.75) is 6.61 Å². The first-order valence-corrected chi connectivity index (χ1v) is 8.68. The van der Waals surface area contributed by atoms with Crippen molar-refractivity contribution < 1.29 is 13.9 Å². The van der Waals surface area contributed by atoms with Crippen LogP contribution in [0.25, 0.3) is 0 Å². The molecule has 2 aromatic rings. The van der Waals surface area contributed by atoms with Crippen LogP contribution in [-0.4, -0.2) is 49.0 Å². The summed E-state index contributed by atoms with van der Waals surface area (Å²) in [6.07, 6.45) is 0. The lowest BCUT2D eigenvalue weighted by molar-refractivity contribution is 0.0633. The maximum Gasteiger partial charge on any atom is 0.301 e. The summed E-state index contributed by atoms with van der Waals surface area (Å²) in [6.45, 7) is 3.57. The van der Waals surface area contributed by atoms with Gasteiger partial charge in [-0.15, -0.1) is 0 Å². The monoisotopic (exact) mass is 383 g/mol. The summed E-state index contributed by atoms with van der Waals surface area (Å²) in [4.78, 5) is 14.5. The molecule has 6 nitrogen and oxygen atoms in total. The van der Waals surface area contributed by atoms with E-state index in [-0.39, 0.29) is 18.3 Å². The van der Waals surface area contributed by atoms with E-state index in [1.54, 1.807) is 30.3 Å². The molecule has 8 heteroatoms. The topological polar surface area (TPSA) is 58.0 Å². The number of amides is 1. The predicted molar refractivity (Wildman–Crippen MR) is 96.0 cm³/mol. The number of hydrogen-bond acceptors (Lipinski definition) is 5. The van der Waals surface area contributed by atoms with Gasteiger partial charge in [0.05, 0.1) is 5.02 Å². The summed E-state index contributed by atoms with van der Waals surface area (Å²) in [5, 5.41) is 2.86. The molecule has 1 aliphatic rings. The predicted octanol–water partition coefficient (Wildman–Crippen LogP) is 3.06. The van der Waals surface area contributed by atoms with Gasteiger partial charge in [0.2, 0.25) is 0 Å². The number of rotatable bonds is 5. The van der Waals surface area contributed by atoms with Crippen LogP contribution in [0, 0.1) is 0 Å². The summed E-state index contributed by atoms with van der Waals surface area (Å²) in [6, 6.07) is 8.33. The molecule has 0 saturated carbocycles. The standard InChI is InChI=1S/C17H19Cl2N3O3/c1-21-6-8-22(9-7-21)20-17(23)16-5-3-13(25-16)11-24-15-4-2-12(18)10-14(15)19/h2-5,10H,6-9,11H2,1H3,(H,20,23). The Bertz CT molecular complexity index is 742. The molecular weight excluding hydrogens is 365 g/mol. The molecule has 1 aromatic heterocycles. The number of ether oxygens (including phenoxy) is 1. The van der Waals surface area contributed by atoms with Crippen LogP contribution in [0.5, 0.6) is 5.75 Å². The molecule has 1 aliphatic heterocycles. The van der Waals surface area contributed by atoms with Crippen LogP contribution in [0.3, 0.4) is 0 Å². The first kappa shape index (κ1) is 18.1. The van der Waals surface area contributed by atoms with Crippen LogP contribution >= 0.6 is 23.2 Å². The summed E-state index contributed by atoms with van der Waals surface area (Å²) < 4.78 is 11.2. The van der Waals surface area contributed by atoms with Gasteiger partial charge in [0, 0.05) is 31.2 Å². The fourth-order valence-electron chi connectivity index (χ4n) is 2.44. The number of furan rings is 1. The fraction of sp³-hybridized carbons (Fsp3) is 0.353. The third-order valence-corrected chi connectivity index (χ3v) is 4.44. The molecule has 0 bridgehead atoms. The Morgan fingerprint density at radius 3 is 2.68 bits per heavy atom. The van der Waals surface area contributed by atoms with E-state index in [1.165, 1.54) is 0 Å². The van der Waals surface area contributed by atoms with Crippen LogP contribution in [0.1, 0.15) is 16.3 Å². The number of nitrogens with zero attached hydrogens (tertiary/aromatic N) is 2. The molecule has 1 saturated heterocycles. The smallest absolute Gasteiger partial charge is 0.301 e. The van der Waals surface area contributed by atoms with Gasteiger partial charge in [-0.3, -0.25) is 10.2 Å². The van der Waals surface area contributed by atoms with E-state index in [0.717, 1.165) is 26.2 Å². The van der Waals surface area contributed by atoms with Gasteiger partial charge in [-0.25, -0.2) is 5.01 Å². The molecule has 0 aliphatic carbocycles. The number of carbonyl (C=O) groups is 1. The Hall–Kier alpha value is -1.73. The van der Waals surface area contributed by atoms with Crippen molar-refractivity contribution in [3.63, 3.8) is 0 Å². The Labute approximate surface area is 156 Å². The largest absolute Gasteiger partial charge is 0.484 e. The van der Waals surface area contributed by atoms with Crippen molar-refractivity contribution in [3.05, 3.63) is 51.9 Å². The van der Waals surface area contributed by atoms with Crippen molar-refractivity contribution in [2.24, 2.45) is 0 Å². The van der Waals surface area contributed by atoms with Crippen molar-refractivity contribution in [1.82, 2.24) is 15.3 Å². The maximum atomic E-state index is 12.2. The average molecular weight is 384 g/mol. The quantitative estimate of drug-likeness (QED) is 0.859. The molecule has 134 valence electrons. The van der Waals surface area contributed by atoms with Gasteiger partial charge in [0.1, 0.15) is 18.1 Å². The number of hydrazine groups is 1. The van der Waals surface area contributed by atoms with E-state index in [0.29, 0.717) is 21.6 Å².